The number of amides is 1. The van der Waals surface area contributed by atoms with Gasteiger partial charge in [0.05, 0.1) is 0 Å². The molecular weight excluding hydrogens is 178 g/mol. The van der Waals surface area contributed by atoms with Crippen molar-refractivity contribution in [2.45, 2.75) is 13.0 Å². The van der Waals surface area contributed by atoms with Crippen molar-refractivity contribution in [3.05, 3.63) is 0 Å². The fraction of sp³-hybridized carbons (Fsp3) is 0.600. The summed E-state index contributed by atoms with van der Waals surface area (Å²) < 4.78 is 0. The molecule has 62 valence electrons. The van der Waals surface area contributed by atoms with E-state index in [9.17, 15) is 9.59 Å². The molecule has 2 N–H and O–H groups in total. The molecule has 0 aromatic rings. The largest absolute Gasteiger partial charge is 2.00 e. The van der Waals surface area contributed by atoms with Crippen LogP contribution in [-0.4, -0.2) is 51.8 Å². The molecule has 0 spiro atoms. The molecule has 0 bridgehead atoms. The Kier molecular flexibility index (Phi) is 8.36. The first-order chi connectivity index (χ1) is 4.57. The van der Waals surface area contributed by atoms with Crippen LogP contribution >= 0.6 is 12.6 Å². The second-order valence-corrected chi connectivity index (χ2v) is 2.14. The first-order valence-corrected chi connectivity index (χ1v) is 3.32. The van der Waals surface area contributed by atoms with Crippen LogP contribution in [0.2, 0.25) is 0 Å². The molecule has 0 aliphatic carbocycles. The van der Waals surface area contributed by atoms with E-state index in [-0.39, 0.29) is 37.6 Å². The van der Waals surface area contributed by atoms with Crippen LogP contribution in [0.3, 0.4) is 0 Å². The van der Waals surface area contributed by atoms with E-state index in [0.717, 1.165) is 0 Å². The van der Waals surface area contributed by atoms with Crippen LogP contribution in [0.25, 0.3) is 0 Å². The first kappa shape index (κ1) is 13.6. The van der Waals surface area contributed by atoms with Crippen LogP contribution in [0.5, 0.6) is 0 Å². The van der Waals surface area contributed by atoms with E-state index >= 15 is 0 Å². The van der Waals surface area contributed by atoms with Gasteiger partial charge in [0.25, 0.3) is 0 Å². The van der Waals surface area contributed by atoms with Gasteiger partial charge in [-0.1, -0.05) is 0 Å². The number of carboxylic acid groups (broad SMARTS) is 1. The number of carbonyl (C=O) groups is 2. The maximum atomic E-state index is 10.3. The van der Waals surface area contributed by atoms with Gasteiger partial charge in [0.2, 0.25) is 5.91 Å². The molecule has 0 fully saturated rings. The number of hydrogen-bond donors (Lipinski definition) is 3. The number of nitrogens with one attached hydrogen (secondary N) is 1. The molecule has 1 amide bonds. The molecular formula is C5H11MgNO3S. The van der Waals surface area contributed by atoms with Gasteiger partial charge >= 0.3 is 29.0 Å². The van der Waals surface area contributed by atoms with Crippen molar-refractivity contribution in [3.8, 4) is 0 Å². The van der Waals surface area contributed by atoms with Gasteiger partial charge in [-0.2, -0.15) is 12.6 Å². The molecule has 0 radical (unpaired) electrons. The van der Waals surface area contributed by atoms with Crippen LogP contribution in [-0.2, 0) is 9.59 Å². The summed E-state index contributed by atoms with van der Waals surface area (Å²) in [6.45, 7) is 1.26. The molecule has 1 atom stereocenters. The van der Waals surface area contributed by atoms with Crippen molar-refractivity contribution in [2.75, 3.05) is 5.75 Å². The van der Waals surface area contributed by atoms with Gasteiger partial charge in [0.15, 0.2) is 0 Å². The van der Waals surface area contributed by atoms with Crippen LogP contribution in [0.4, 0.5) is 0 Å². The van der Waals surface area contributed by atoms with E-state index in [1.165, 1.54) is 6.92 Å². The summed E-state index contributed by atoms with van der Waals surface area (Å²) in [4.78, 5) is 20.5. The molecule has 0 unspecified atom stereocenters. The van der Waals surface area contributed by atoms with Gasteiger partial charge < -0.3 is 13.3 Å². The summed E-state index contributed by atoms with van der Waals surface area (Å²) in [7, 11) is 0. The fourth-order valence-electron chi connectivity index (χ4n) is 0.431. The molecule has 6 heteroatoms. The van der Waals surface area contributed by atoms with Gasteiger partial charge in [-0.05, 0) is 0 Å². The summed E-state index contributed by atoms with van der Waals surface area (Å²) >= 11 is 3.73. The normalized spacial score (nSPS) is 11.1. The van der Waals surface area contributed by atoms with Crippen LogP contribution in [0.15, 0.2) is 0 Å². The van der Waals surface area contributed by atoms with Crippen LogP contribution in [0, 0.1) is 0 Å². The molecule has 0 saturated heterocycles. The molecule has 0 aromatic heterocycles. The zero-order valence-electron chi connectivity index (χ0n) is 8.20. The Morgan fingerprint density at radius 3 is 2.27 bits per heavy atom. The quantitative estimate of drug-likeness (QED) is 0.408. The topological polar surface area (TPSA) is 66.4 Å². The predicted octanol–water partition coefficient (Wildman–Crippen LogP) is -0.650. The first-order valence-electron chi connectivity index (χ1n) is 2.68. The number of hydrogen-bond acceptors (Lipinski definition) is 3. The maximum absolute atomic E-state index is 10.3. The zero-order chi connectivity index (χ0) is 8.15. The number of thiol groups is 1. The average Bonchev–Trinajstić information content (AvgIpc) is 1.81. The number of carboxylic acids is 1. The van der Waals surface area contributed by atoms with Crippen molar-refractivity contribution in [1.82, 2.24) is 5.32 Å². The third kappa shape index (κ3) is 6.45. The molecule has 11 heavy (non-hydrogen) atoms. The fourth-order valence-corrected chi connectivity index (χ4v) is 0.678. The van der Waals surface area contributed by atoms with Gasteiger partial charge in [-0.25, -0.2) is 4.79 Å². The summed E-state index contributed by atoms with van der Waals surface area (Å²) in [5.74, 6) is -1.32. The van der Waals surface area contributed by atoms with E-state index in [1.807, 2.05) is 0 Å². The van der Waals surface area contributed by atoms with E-state index in [0.29, 0.717) is 0 Å². The zero-order valence-corrected chi connectivity index (χ0v) is 8.51. The molecule has 4 nitrogen and oxygen atoms in total. The smallest absolute Gasteiger partial charge is 1.00 e. The Balaban J connectivity index is -0.000000135. The standard InChI is InChI=1S/C5H9NO3S.Mg.2H/c1-3(7)6-4(2-10)5(8)9;;;/h4,10H,2H2,1H3,(H,6,7)(H,8,9);;;/q;+2;2*-1/t4-;;;/m0.../s1. The van der Waals surface area contributed by atoms with Gasteiger partial charge in [0.1, 0.15) is 6.04 Å². The number of carbonyl (C=O) groups excluding carboxylic acids is 1. The average molecular weight is 190 g/mol. The van der Waals surface area contributed by atoms with E-state index in [4.69, 9.17) is 5.11 Å². The van der Waals surface area contributed by atoms with Crippen molar-refractivity contribution >= 4 is 47.6 Å². The molecule has 0 rings (SSSR count). The van der Waals surface area contributed by atoms with E-state index in [1.54, 1.807) is 0 Å². The SMILES string of the molecule is CC(=O)N[C@@H](CS)C(=O)O.[H-].[H-].[Mg+2]. The van der Waals surface area contributed by atoms with Crippen LogP contribution < -0.4 is 5.32 Å². The Morgan fingerprint density at radius 1 is 1.73 bits per heavy atom. The Hall–Kier alpha value is 0.0562. The summed E-state index contributed by atoms with van der Waals surface area (Å²) in [5, 5.41) is 10.6. The molecule has 0 aliphatic rings. The van der Waals surface area contributed by atoms with Gasteiger partial charge in [-0.3, -0.25) is 4.79 Å². The minimum atomic E-state index is -1.06. The Labute approximate surface area is 89.3 Å². The molecule has 0 aromatic carbocycles. The maximum Gasteiger partial charge on any atom is 2.00 e. The minimum absolute atomic E-state index is 0. The third-order valence-corrected chi connectivity index (χ3v) is 1.22. The Morgan fingerprint density at radius 2 is 2.18 bits per heavy atom. The second-order valence-electron chi connectivity index (χ2n) is 1.77. The molecule has 0 heterocycles. The summed E-state index contributed by atoms with van der Waals surface area (Å²) in [6, 6.07) is -0.874. The van der Waals surface area contributed by atoms with Crippen molar-refractivity contribution in [3.63, 3.8) is 0 Å². The van der Waals surface area contributed by atoms with E-state index < -0.39 is 12.0 Å². The second kappa shape index (κ2) is 6.75. The third-order valence-electron chi connectivity index (χ3n) is 0.858. The van der Waals surface area contributed by atoms with Gasteiger partial charge in [0, 0.05) is 12.7 Å². The van der Waals surface area contributed by atoms with E-state index in [2.05, 4.69) is 17.9 Å². The molecule has 0 saturated carbocycles. The summed E-state index contributed by atoms with van der Waals surface area (Å²) in [6.07, 6.45) is 0. The number of rotatable bonds is 3. The van der Waals surface area contributed by atoms with Gasteiger partial charge in [-0.15, -0.1) is 0 Å². The molecule has 0 aliphatic heterocycles. The van der Waals surface area contributed by atoms with Crippen molar-refractivity contribution < 1.29 is 17.5 Å². The predicted molar refractivity (Wildman–Crippen MR) is 47.1 cm³/mol. The Bertz CT molecular complexity index is 161. The summed E-state index contributed by atoms with van der Waals surface area (Å²) in [5.41, 5.74) is 0. The van der Waals surface area contributed by atoms with Crippen molar-refractivity contribution in [2.24, 2.45) is 0 Å². The number of aliphatic carboxylic acids is 1. The monoisotopic (exact) mass is 189 g/mol. The van der Waals surface area contributed by atoms with Crippen LogP contribution in [0.1, 0.15) is 9.78 Å². The van der Waals surface area contributed by atoms with Crippen molar-refractivity contribution in [1.29, 1.82) is 0 Å². The minimum Gasteiger partial charge on any atom is -1.00 e.